The van der Waals surface area contributed by atoms with E-state index in [9.17, 15) is 14.9 Å². The Kier molecular flexibility index (Phi) is 3.95. The Balaban J connectivity index is 2.04. The lowest BCUT2D eigenvalue weighted by molar-refractivity contribution is -0.384. The van der Waals surface area contributed by atoms with Gasteiger partial charge in [0.1, 0.15) is 0 Å². The van der Waals surface area contributed by atoms with Gasteiger partial charge in [-0.15, -0.1) is 0 Å². The highest BCUT2D eigenvalue weighted by atomic mass is 16.6. The van der Waals surface area contributed by atoms with Gasteiger partial charge < -0.3 is 0 Å². The highest BCUT2D eigenvalue weighted by Gasteiger charge is 2.30. The number of benzene rings is 2. The largest absolute Gasteiger partial charge is 0.280 e. The fourth-order valence-corrected chi connectivity index (χ4v) is 2.68. The number of anilines is 1. The van der Waals surface area contributed by atoms with Gasteiger partial charge in [0, 0.05) is 12.1 Å². The molecule has 0 bridgehead atoms. The number of rotatable bonds is 3. The summed E-state index contributed by atoms with van der Waals surface area (Å²) in [6, 6.07) is 15.4. The van der Waals surface area contributed by atoms with E-state index in [-0.39, 0.29) is 11.6 Å². The molecular formula is C18H15N3O3. The van der Waals surface area contributed by atoms with Crippen molar-refractivity contribution >= 4 is 28.6 Å². The lowest BCUT2D eigenvalue weighted by Gasteiger charge is -2.12. The molecule has 2 aromatic carbocycles. The van der Waals surface area contributed by atoms with E-state index in [0.29, 0.717) is 28.1 Å². The molecule has 0 spiro atoms. The smallest absolute Gasteiger partial charge is 0.267 e. The van der Waals surface area contributed by atoms with E-state index >= 15 is 0 Å². The molecule has 0 unspecified atom stereocenters. The summed E-state index contributed by atoms with van der Waals surface area (Å²) in [6.45, 7) is 3.54. The predicted octanol–water partition coefficient (Wildman–Crippen LogP) is 3.79. The molecule has 1 heterocycles. The summed E-state index contributed by atoms with van der Waals surface area (Å²) in [5.74, 6) is -0.234. The van der Waals surface area contributed by atoms with Crippen LogP contribution in [0.4, 0.5) is 11.4 Å². The molecule has 6 nitrogen and oxygen atoms in total. The van der Waals surface area contributed by atoms with Crippen LogP contribution in [0.3, 0.4) is 0 Å². The summed E-state index contributed by atoms with van der Waals surface area (Å²) in [7, 11) is 0. The first kappa shape index (κ1) is 15.6. The Morgan fingerprint density at radius 1 is 1.12 bits per heavy atom. The maximum Gasteiger partial charge on any atom is 0.280 e. The molecule has 0 aromatic heterocycles. The molecule has 2 aromatic rings. The van der Waals surface area contributed by atoms with Gasteiger partial charge >= 0.3 is 0 Å². The molecule has 0 radical (unpaired) electrons. The van der Waals surface area contributed by atoms with Gasteiger partial charge in [0.05, 0.1) is 21.9 Å². The average Bonchev–Trinajstić information content (AvgIpc) is 2.89. The number of nitro groups is 1. The number of allylic oxidation sites excluding steroid dienone is 1. The monoisotopic (exact) mass is 321 g/mol. The third-order valence-corrected chi connectivity index (χ3v) is 3.88. The van der Waals surface area contributed by atoms with Crippen LogP contribution in [0.5, 0.6) is 0 Å². The van der Waals surface area contributed by atoms with Crippen LogP contribution in [0.2, 0.25) is 0 Å². The number of carbonyl (C=O) groups excluding carboxylic acids is 1. The fourth-order valence-electron chi connectivity index (χ4n) is 2.68. The molecule has 1 amide bonds. The number of non-ortho nitro benzene ring substituents is 1. The van der Waals surface area contributed by atoms with Crippen LogP contribution in [0.15, 0.2) is 65.3 Å². The summed E-state index contributed by atoms with van der Waals surface area (Å²) in [5, 5.41) is 16.6. The second kappa shape index (κ2) is 6.08. The Morgan fingerprint density at radius 3 is 2.50 bits per heavy atom. The van der Waals surface area contributed by atoms with Crippen LogP contribution in [0.25, 0.3) is 5.57 Å². The fraction of sp³-hybridized carbons (Fsp3) is 0.111. The van der Waals surface area contributed by atoms with E-state index in [0.717, 1.165) is 0 Å². The summed E-state index contributed by atoms with van der Waals surface area (Å²) < 4.78 is 0. The van der Waals surface area contributed by atoms with Crippen LogP contribution in [0.1, 0.15) is 19.4 Å². The second-order valence-electron chi connectivity index (χ2n) is 5.45. The van der Waals surface area contributed by atoms with Crippen molar-refractivity contribution in [1.29, 1.82) is 0 Å². The highest BCUT2D eigenvalue weighted by Crippen LogP contribution is 2.29. The molecular weight excluding hydrogens is 306 g/mol. The number of carbonyl (C=O) groups is 1. The molecule has 0 N–H and O–H groups in total. The lowest BCUT2D eigenvalue weighted by Crippen LogP contribution is -2.21. The lowest BCUT2D eigenvalue weighted by atomic mass is 9.98. The van der Waals surface area contributed by atoms with E-state index in [2.05, 4.69) is 5.10 Å². The third kappa shape index (κ3) is 2.69. The van der Waals surface area contributed by atoms with Crippen LogP contribution < -0.4 is 5.01 Å². The highest BCUT2D eigenvalue weighted by molar-refractivity contribution is 6.33. The molecule has 24 heavy (non-hydrogen) atoms. The average molecular weight is 321 g/mol. The maximum atomic E-state index is 12.8. The Bertz CT molecular complexity index is 885. The van der Waals surface area contributed by atoms with Crippen LogP contribution >= 0.6 is 0 Å². The summed E-state index contributed by atoms with van der Waals surface area (Å²) in [5.41, 5.74) is 3.05. The van der Waals surface area contributed by atoms with Gasteiger partial charge in [0.15, 0.2) is 0 Å². The molecule has 0 saturated heterocycles. The van der Waals surface area contributed by atoms with Crippen molar-refractivity contribution in [1.82, 2.24) is 0 Å². The van der Waals surface area contributed by atoms with Crippen molar-refractivity contribution in [3.05, 3.63) is 75.8 Å². The number of nitrogens with zero attached hydrogens (tertiary/aromatic N) is 3. The molecule has 0 fully saturated rings. The Morgan fingerprint density at radius 2 is 1.83 bits per heavy atom. The molecule has 120 valence electrons. The minimum Gasteiger partial charge on any atom is -0.267 e. The van der Waals surface area contributed by atoms with Gasteiger partial charge in [-0.3, -0.25) is 14.9 Å². The van der Waals surface area contributed by atoms with Crippen LogP contribution in [0, 0.1) is 10.1 Å². The van der Waals surface area contributed by atoms with E-state index in [1.54, 1.807) is 38.1 Å². The number of amides is 1. The summed E-state index contributed by atoms with van der Waals surface area (Å²) in [6.07, 6.45) is 0. The number of nitro benzene ring substituents is 1. The summed E-state index contributed by atoms with van der Waals surface area (Å²) in [4.78, 5) is 23.3. The molecule has 0 aliphatic carbocycles. The van der Waals surface area contributed by atoms with E-state index in [1.165, 1.54) is 17.1 Å². The Labute approximate surface area is 138 Å². The minimum atomic E-state index is -0.449. The molecule has 1 aliphatic rings. The number of para-hydroxylation sites is 1. The Hall–Kier alpha value is -3.28. The SMILES string of the molecule is CC1=NN(c2ccccc2)C(=O)/C1=C(/C)c1cccc([N+](=O)[O-])c1. The number of hydrogen-bond acceptors (Lipinski definition) is 4. The van der Waals surface area contributed by atoms with Crippen molar-refractivity contribution in [2.24, 2.45) is 5.10 Å². The van der Waals surface area contributed by atoms with E-state index in [4.69, 9.17) is 0 Å². The predicted molar refractivity (Wildman–Crippen MR) is 92.7 cm³/mol. The first-order valence-corrected chi connectivity index (χ1v) is 7.40. The molecule has 3 rings (SSSR count). The minimum absolute atomic E-state index is 0.00703. The normalized spacial score (nSPS) is 16.2. The van der Waals surface area contributed by atoms with Gasteiger partial charge in [-0.2, -0.15) is 10.1 Å². The molecule has 6 heteroatoms. The van der Waals surface area contributed by atoms with E-state index < -0.39 is 4.92 Å². The second-order valence-corrected chi connectivity index (χ2v) is 5.45. The van der Waals surface area contributed by atoms with Crippen molar-refractivity contribution < 1.29 is 9.72 Å². The van der Waals surface area contributed by atoms with Crippen molar-refractivity contribution in [3.8, 4) is 0 Å². The standard InChI is InChI=1S/C18H15N3O3/c1-12(14-7-6-10-16(11-14)21(23)24)17-13(2)19-20(18(17)22)15-8-4-3-5-9-15/h3-11H,1-2H3/b17-12-. The zero-order chi connectivity index (χ0) is 17.3. The topological polar surface area (TPSA) is 75.8 Å². The third-order valence-electron chi connectivity index (χ3n) is 3.88. The first-order chi connectivity index (χ1) is 11.5. The maximum absolute atomic E-state index is 12.8. The van der Waals surface area contributed by atoms with Crippen molar-refractivity contribution in [2.75, 3.05) is 5.01 Å². The van der Waals surface area contributed by atoms with Gasteiger partial charge in [0.25, 0.3) is 11.6 Å². The zero-order valence-corrected chi connectivity index (χ0v) is 13.3. The van der Waals surface area contributed by atoms with Crippen LogP contribution in [-0.4, -0.2) is 16.5 Å². The van der Waals surface area contributed by atoms with Gasteiger partial charge in [0.2, 0.25) is 0 Å². The van der Waals surface area contributed by atoms with Crippen LogP contribution in [-0.2, 0) is 4.79 Å². The quantitative estimate of drug-likeness (QED) is 0.490. The van der Waals surface area contributed by atoms with Gasteiger partial charge in [-0.25, -0.2) is 0 Å². The first-order valence-electron chi connectivity index (χ1n) is 7.40. The molecule has 0 saturated carbocycles. The van der Waals surface area contributed by atoms with Crippen molar-refractivity contribution in [3.63, 3.8) is 0 Å². The number of hydrogen-bond donors (Lipinski definition) is 0. The summed E-state index contributed by atoms with van der Waals surface area (Å²) >= 11 is 0. The van der Waals surface area contributed by atoms with Crippen molar-refractivity contribution in [2.45, 2.75) is 13.8 Å². The zero-order valence-electron chi connectivity index (χ0n) is 13.3. The number of hydrazone groups is 1. The molecule has 1 aliphatic heterocycles. The van der Waals surface area contributed by atoms with Gasteiger partial charge in [-0.05, 0) is 37.1 Å². The van der Waals surface area contributed by atoms with Gasteiger partial charge in [-0.1, -0.05) is 30.3 Å². The molecule has 0 atom stereocenters. The van der Waals surface area contributed by atoms with E-state index in [1.807, 2.05) is 18.2 Å².